The number of rotatable bonds is 2. The van der Waals surface area contributed by atoms with E-state index < -0.39 is 89.7 Å². The molecule has 3 unspecified atom stereocenters. The van der Waals surface area contributed by atoms with E-state index in [9.17, 15) is 33.9 Å². The van der Waals surface area contributed by atoms with Crippen LogP contribution in [0, 0.1) is 0 Å². The number of nitrogens with two attached hydrogens (primary N) is 3. The van der Waals surface area contributed by atoms with Gasteiger partial charge < -0.3 is 52.0 Å². The van der Waals surface area contributed by atoms with Gasteiger partial charge in [-0.25, -0.2) is 24.1 Å². The molecule has 0 aliphatic carbocycles. The van der Waals surface area contributed by atoms with Crippen LogP contribution in [0.5, 0.6) is 0 Å². The lowest BCUT2D eigenvalue weighted by molar-refractivity contribution is -0.0665. The van der Waals surface area contributed by atoms with Gasteiger partial charge in [0.1, 0.15) is 54.3 Å². The fourth-order valence-electron chi connectivity index (χ4n) is 5.54. The maximum absolute atomic E-state index is 13.1. The maximum atomic E-state index is 13.1. The normalized spacial score (nSPS) is 39.8. The topological polar surface area (TPSA) is 354 Å². The Balaban J connectivity index is 1.16. The lowest BCUT2D eigenvalue weighted by Crippen LogP contribution is -2.39. The molecule has 7 heterocycles. The molecule has 24 nitrogen and oxygen atoms in total. The first-order valence-electron chi connectivity index (χ1n) is 13.3. The van der Waals surface area contributed by atoms with E-state index in [-0.39, 0.29) is 34.6 Å². The maximum Gasteiger partial charge on any atom is 0.472 e. The second kappa shape index (κ2) is 11.1. The molecule has 3 saturated heterocycles. The van der Waals surface area contributed by atoms with Crippen LogP contribution in [0.15, 0.2) is 22.4 Å². The number of aliphatic hydroxyl groups is 2. The van der Waals surface area contributed by atoms with Crippen molar-refractivity contribution in [1.82, 2.24) is 29.1 Å². The molecule has 4 aliphatic heterocycles. The fourth-order valence-corrected chi connectivity index (χ4v) is 7.47. The number of nitrogens with one attached hydrogen (secondary N) is 2. The van der Waals surface area contributed by atoms with E-state index in [0.29, 0.717) is 0 Å². The van der Waals surface area contributed by atoms with Gasteiger partial charge in [-0.15, -0.1) is 0 Å². The summed E-state index contributed by atoms with van der Waals surface area (Å²) in [5.41, 5.74) is 16.6. The van der Waals surface area contributed by atoms with Crippen LogP contribution in [0.1, 0.15) is 24.3 Å². The molecule has 250 valence electrons. The summed E-state index contributed by atoms with van der Waals surface area (Å²) in [7, 11) is -10.1. The zero-order chi connectivity index (χ0) is 32.7. The molecular weight excluding hydrogens is 664 g/mol. The quantitative estimate of drug-likeness (QED) is 0.120. The summed E-state index contributed by atoms with van der Waals surface area (Å²) in [4.78, 5) is 51.8. The summed E-state index contributed by atoms with van der Waals surface area (Å²) in [6.07, 6.45) is -11.3. The van der Waals surface area contributed by atoms with E-state index in [1.807, 2.05) is 0 Å². The number of fused-ring (bicyclic) bond motifs is 4. The van der Waals surface area contributed by atoms with Crippen molar-refractivity contribution < 1.29 is 56.7 Å². The van der Waals surface area contributed by atoms with Gasteiger partial charge in [-0.1, -0.05) is 0 Å². The molecule has 0 radical (unpaired) electrons. The van der Waals surface area contributed by atoms with Crippen molar-refractivity contribution in [3.63, 3.8) is 0 Å². The van der Waals surface area contributed by atoms with Crippen LogP contribution in [0.25, 0.3) is 11.2 Å². The van der Waals surface area contributed by atoms with E-state index in [1.165, 1.54) is 10.9 Å². The molecule has 26 heteroatoms. The molecule has 12 N–H and O–H groups in total. The van der Waals surface area contributed by atoms with Gasteiger partial charge in [0, 0.05) is 0 Å². The van der Waals surface area contributed by atoms with Gasteiger partial charge >= 0.3 is 15.6 Å². The number of aromatic amines is 1. The number of nitrogens with zero attached hydrogens (tertiary/aromatic N) is 6. The zero-order valence-corrected chi connectivity index (χ0v) is 24.8. The first-order chi connectivity index (χ1) is 21.7. The second-order valence-electron chi connectivity index (χ2n) is 10.5. The molecule has 46 heavy (non-hydrogen) atoms. The van der Waals surface area contributed by atoms with Crippen molar-refractivity contribution in [3.8, 4) is 0 Å². The molecule has 11 atom stereocenters. The molecule has 3 aromatic heterocycles. The molecule has 7 rings (SSSR count). The highest BCUT2D eigenvalue weighted by Gasteiger charge is 2.54. The van der Waals surface area contributed by atoms with Crippen LogP contribution in [0.4, 0.5) is 11.8 Å². The molecular formula is C20H27N11O13P2. The lowest BCUT2D eigenvalue weighted by atomic mass is 10.1. The van der Waals surface area contributed by atoms with E-state index in [2.05, 4.69) is 30.2 Å². The Morgan fingerprint density at radius 3 is 2.09 bits per heavy atom. The standard InChI is InChI=1S/C20H27N11O13P2/c21-13-7-14(27-19(22)26-13)30(3-24-7)17-9(32)11-5(41-17)1-39-46(37,38)44-12-6(2-40-45(35,36)43-11)42-18(10(12)33)31-4-25-8-15(31)28-20(23)29-16(8)34/h3-6,9-13,17-18,32-33H,1-2,21H2,(H,35,36)(H,37,38)(H3,22,26,27)(H3,23,28,29,34)/t5-,6-,9-,10-,11-,12-,13?,17-,18-/m1/s1. The summed E-state index contributed by atoms with van der Waals surface area (Å²) in [6, 6.07) is 0. The highest BCUT2D eigenvalue weighted by Crippen LogP contribution is 2.53. The Morgan fingerprint density at radius 1 is 0.913 bits per heavy atom. The first kappa shape index (κ1) is 31.3. The molecule has 0 bridgehead atoms. The van der Waals surface area contributed by atoms with Gasteiger partial charge in [0.25, 0.3) is 5.56 Å². The third-order valence-electron chi connectivity index (χ3n) is 7.56. The van der Waals surface area contributed by atoms with Gasteiger partial charge in [-0.3, -0.25) is 37.0 Å². The van der Waals surface area contributed by atoms with E-state index >= 15 is 0 Å². The third-order valence-corrected chi connectivity index (χ3v) is 9.53. The number of aliphatic imine (C=N–C) groups is 1. The Labute approximate surface area is 255 Å². The van der Waals surface area contributed by atoms with E-state index in [0.717, 1.165) is 10.9 Å². The second-order valence-corrected chi connectivity index (χ2v) is 13.3. The van der Waals surface area contributed by atoms with Gasteiger partial charge in [-0.2, -0.15) is 4.98 Å². The number of imidazole rings is 2. The number of phosphoric ester groups is 2. The fraction of sp³-hybridized carbons (Fsp3) is 0.550. The largest absolute Gasteiger partial charge is 0.472 e. The molecule has 4 aliphatic rings. The average Bonchev–Trinajstić information content (AvgIpc) is 3.72. The zero-order valence-electron chi connectivity index (χ0n) is 23.0. The van der Waals surface area contributed by atoms with Crippen molar-refractivity contribution in [3.05, 3.63) is 28.7 Å². The smallest absolute Gasteiger partial charge is 0.386 e. The summed E-state index contributed by atoms with van der Waals surface area (Å²) >= 11 is 0. The van der Waals surface area contributed by atoms with Crippen LogP contribution in [-0.4, -0.2) is 105 Å². The van der Waals surface area contributed by atoms with Gasteiger partial charge in [0.15, 0.2) is 29.6 Å². The van der Waals surface area contributed by atoms with Crippen molar-refractivity contribution in [2.75, 3.05) is 24.3 Å². The van der Waals surface area contributed by atoms with Crippen molar-refractivity contribution in [1.29, 1.82) is 0 Å². The Morgan fingerprint density at radius 2 is 1.48 bits per heavy atom. The minimum Gasteiger partial charge on any atom is -0.386 e. The number of phosphoric acid groups is 2. The monoisotopic (exact) mass is 691 g/mol. The van der Waals surface area contributed by atoms with Gasteiger partial charge in [-0.05, 0) is 0 Å². The summed E-state index contributed by atoms with van der Waals surface area (Å²) in [5, 5.41) is 25.1. The van der Waals surface area contributed by atoms with Crippen LogP contribution in [0.3, 0.4) is 0 Å². The number of aliphatic hydroxyl groups excluding tert-OH is 2. The van der Waals surface area contributed by atoms with Crippen LogP contribution >= 0.6 is 15.6 Å². The number of guanidine groups is 1. The molecule has 0 saturated carbocycles. The number of aromatic nitrogens is 6. The van der Waals surface area contributed by atoms with Crippen LogP contribution < -0.4 is 28.1 Å². The predicted octanol–water partition coefficient (Wildman–Crippen LogP) is -3.17. The number of anilines is 2. The minimum absolute atomic E-state index is 0.0561. The molecule has 0 amide bonds. The molecule has 0 aromatic carbocycles. The molecule has 0 spiro atoms. The molecule has 3 fully saturated rings. The van der Waals surface area contributed by atoms with Crippen LogP contribution in [0.2, 0.25) is 0 Å². The van der Waals surface area contributed by atoms with Crippen molar-refractivity contribution >= 4 is 44.5 Å². The van der Waals surface area contributed by atoms with Gasteiger partial charge in [0.05, 0.1) is 25.9 Å². The highest BCUT2D eigenvalue weighted by atomic mass is 31.2. The number of hydrogen-bond donors (Lipinski definition) is 9. The average molecular weight is 691 g/mol. The third kappa shape index (κ3) is 5.41. The lowest BCUT2D eigenvalue weighted by Gasteiger charge is -2.27. The number of hydrogen-bond acceptors (Lipinski definition) is 19. The highest BCUT2D eigenvalue weighted by molar-refractivity contribution is 7.47. The van der Waals surface area contributed by atoms with Crippen molar-refractivity contribution in [2.24, 2.45) is 16.5 Å². The summed E-state index contributed by atoms with van der Waals surface area (Å²) in [6.45, 7) is -1.67. The predicted molar refractivity (Wildman–Crippen MR) is 148 cm³/mol. The number of nitrogen functional groups attached to an aromatic ring is 1. The summed E-state index contributed by atoms with van der Waals surface area (Å²) in [5.74, 6) is -0.129. The Bertz CT molecular complexity index is 1870. The van der Waals surface area contributed by atoms with Crippen LogP contribution in [-0.2, 0) is 36.7 Å². The van der Waals surface area contributed by atoms with E-state index in [4.69, 9.17) is 44.8 Å². The minimum atomic E-state index is -5.07. The summed E-state index contributed by atoms with van der Waals surface area (Å²) < 4.78 is 61.0. The van der Waals surface area contributed by atoms with E-state index in [1.54, 1.807) is 0 Å². The SMILES string of the molecule is NC1=NC(N)c2ncn([C@@H]3O[C@@H]4COP(=O)(O)O[C@H]5[C@@H](O)[C@H](n6cnc7c(=O)[nH]c(N)nc76)O[C@@H]5COP(=O)(O)O[C@H]4[C@H]3O)c2N1. The molecule has 3 aromatic rings. The Hall–Kier alpha value is -3.35. The Kier molecular flexibility index (Phi) is 7.56. The number of H-pyrrole nitrogens is 1. The van der Waals surface area contributed by atoms with Crippen molar-refractivity contribution in [2.45, 2.75) is 55.2 Å². The van der Waals surface area contributed by atoms with Gasteiger partial charge in [0.2, 0.25) is 5.95 Å². The number of ether oxygens (including phenoxy) is 2. The first-order valence-corrected chi connectivity index (χ1v) is 16.3.